The molecule has 46 heavy (non-hydrogen) atoms. The monoisotopic (exact) mass is 623 g/mol. The second-order valence-corrected chi connectivity index (χ2v) is 13.2. The Balaban J connectivity index is 1.44. The predicted octanol–water partition coefficient (Wildman–Crippen LogP) is 2.31. The van der Waals surface area contributed by atoms with Crippen LogP contribution in [0.25, 0.3) is 0 Å². The normalized spacial score (nSPS) is 21.2. The van der Waals surface area contributed by atoms with E-state index in [1.165, 1.54) is 0 Å². The molecule has 3 amide bonds. The van der Waals surface area contributed by atoms with Crippen molar-refractivity contribution in [3.05, 3.63) is 75.6 Å². The van der Waals surface area contributed by atoms with Gasteiger partial charge in [0.2, 0.25) is 5.91 Å². The summed E-state index contributed by atoms with van der Waals surface area (Å²) in [6, 6.07) is 13.6. The number of nitrogens with zero attached hydrogens (tertiary/aromatic N) is 7. The fourth-order valence-corrected chi connectivity index (χ4v) is 7.51. The zero-order valence-corrected chi connectivity index (χ0v) is 27.1. The minimum absolute atomic E-state index is 0.0519. The average Bonchev–Trinajstić information content (AvgIpc) is 3.43. The molecule has 2 fully saturated rings. The Kier molecular flexibility index (Phi) is 8.37. The molecule has 2 N–H and O–H groups in total. The van der Waals surface area contributed by atoms with E-state index >= 15 is 0 Å². The van der Waals surface area contributed by atoms with Crippen molar-refractivity contribution in [2.75, 3.05) is 34.7 Å². The van der Waals surface area contributed by atoms with Crippen molar-refractivity contribution in [2.24, 2.45) is 5.92 Å². The van der Waals surface area contributed by atoms with Gasteiger partial charge in [-0.25, -0.2) is 0 Å². The van der Waals surface area contributed by atoms with E-state index in [0.717, 1.165) is 35.1 Å². The summed E-state index contributed by atoms with van der Waals surface area (Å²) >= 11 is 0. The van der Waals surface area contributed by atoms with Gasteiger partial charge in [0.05, 0.1) is 18.0 Å². The summed E-state index contributed by atoms with van der Waals surface area (Å²) in [5.41, 5.74) is 4.19. The largest absolute Gasteiger partial charge is 0.345 e. The van der Waals surface area contributed by atoms with Crippen molar-refractivity contribution >= 4 is 17.7 Å². The van der Waals surface area contributed by atoms with Crippen molar-refractivity contribution in [1.29, 1.82) is 5.26 Å². The van der Waals surface area contributed by atoms with Gasteiger partial charge in [-0.1, -0.05) is 24.3 Å². The van der Waals surface area contributed by atoms with E-state index in [-0.39, 0.29) is 42.4 Å². The Hall–Kier alpha value is -4.63. The maximum atomic E-state index is 13.4. The van der Waals surface area contributed by atoms with Gasteiger partial charge in [-0.15, -0.1) is 10.2 Å². The van der Waals surface area contributed by atoms with Gasteiger partial charge in [0.1, 0.15) is 6.04 Å². The molecule has 0 radical (unpaired) electrons. The SMILES string of the molecule is CC[C@@H](CC1(c2nn[nH]n2)c2ccc(C(=O)N(C)C)cc2CCc2cc(C(=O)N(C)C)ccc21)NCC(=O)N1[C@H](C#N)C[C@@H]2C[C@@H]21. The topological polar surface area (TPSA) is 151 Å². The molecular weight excluding hydrogens is 582 g/mol. The maximum Gasteiger partial charge on any atom is 0.253 e. The van der Waals surface area contributed by atoms with Crippen LogP contribution < -0.4 is 5.32 Å². The first-order valence-corrected chi connectivity index (χ1v) is 16.0. The first-order chi connectivity index (χ1) is 22.1. The molecule has 1 saturated carbocycles. The minimum Gasteiger partial charge on any atom is -0.345 e. The highest BCUT2D eigenvalue weighted by atomic mass is 16.2. The number of carbonyl (C=O) groups is 3. The van der Waals surface area contributed by atoms with Crippen LogP contribution in [-0.4, -0.2) is 106 Å². The number of fused-ring (bicyclic) bond motifs is 3. The second-order valence-electron chi connectivity index (χ2n) is 13.2. The molecule has 2 heterocycles. The van der Waals surface area contributed by atoms with Crippen LogP contribution in [0.15, 0.2) is 36.4 Å². The first kappa shape index (κ1) is 31.4. The van der Waals surface area contributed by atoms with Crippen LogP contribution in [0.5, 0.6) is 0 Å². The fraction of sp³-hybridized carbons (Fsp3) is 0.500. The van der Waals surface area contributed by atoms with Crippen molar-refractivity contribution in [1.82, 2.24) is 40.6 Å². The molecule has 0 bridgehead atoms. The number of aromatic nitrogens is 4. The fourth-order valence-electron chi connectivity index (χ4n) is 7.51. The van der Waals surface area contributed by atoms with E-state index in [4.69, 9.17) is 0 Å². The number of nitrogens with one attached hydrogen (secondary N) is 2. The molecule has 3 aromatic rings. The number of tetrazole rings is 1. The summed E-state index contributed by atoms with van der Waals surface area (Å²) in [5, 5.41) is 28.9. The molecule has 240 valence electrons. The zero-order chi connectivity index (χ0) is 32.7. The number of hydrogen-bond acceptors (Lipinski definition) is 8. The molecule has 0 spiro atoms. The number of likely N-dealkylation sites (tertiary alicyclic amines) is 1. The van der Waals surface area contributed by atoms with E-state index in [9.17, 15) is 19.6 Å². The van der Waals surface area contributed by atoms with Crippen LogP contribution >= 0.6 is 0 Å². The van der Waals surface area contributed by atoms with Gasteiger partial charge >= 0.3 is 0 Å². The molecule has 0 unspecified atom stereocenters. The number of H-pyrrole nitrogens is 1. The Morgan fingerprint density at radius 1 is 1.02 bits per heavy atom. The van der Waals surface area contributed by atoms with Crippen LogP contribution in [0, 0.1) is 17.2 Å². The highest BCUT2D eigenvalue weighted by molar-refractivity contribution is 5.95. The number of amides is 3. The quantitative estimate of drug-likeness (QED) is 0.369. The Bertz CT molecular complexity index is 1620. The number of carbonyl (C=O) groups excluding carboxylic acids is 3. The van der Waals surface area contributed by atoms with E-state index in [1.807, 2.05) is 36.4 Å². The number of aryl methyl sites for hydroxylation is 2. The average molecular weight is 624 g/mol. The van der Waals surface area contributed by atoms with Crippen molar-refractivity contribution in [3.63, 3.8) is 0 Å². The molecule has 1 aromatic heterocycles. The van der Waals surface area contributed by atoms with Gasteiger partial charge < -0.3 is 20.0 Å². The lowest BCUT2D eigenvalue weighted by atomic mass is 9.67. The number of nitriles is 1. The molecule has 4 atom stereocenters. The third-order valence-corrected chi connectivity index (χ3v) is 9.96. The van der Waals surface area contributed by atoms with E-state index in [2.05, 4.69) is 38.9 Å². The summed E-state index contributed by atoms with van der Waals surface area (Å²) in [6.07, 6.45) is 4.23. The molecule has 3 aliphatic rings. The van der Waals surface area contributed by atoms with E-state index in [0.29, 0.717) is 48.6 Å². The smallest absolute Gasteiger partial charge is 0.253 e. The summed E-state index contributed by atoms with van der Waals surface area (Å²) in [5.74, 6) is 0.701. The molecular formula is C34H41N9O3. The molecule has 12 nitrogen and oxygen atoms in total. The predicted molar refractivity (Wildman–Crippen MR) is 170 cm³/mol. The van der Waals surface area contributed by atoms with Crippen LogP contribution in [-0.2, 0) is 23.1 Å². The number of hydrogen-bond donors (Lipinski definition) is 2. The molecule has 2 aromatic carbocycles. The third kappa shape index (κ3) is 5.42. The lowest BCUT2D eigenvalue weighted by molar-refractivity contribution is -0.131. The summed E-state index contributed by atoms with van der Waals surface area (Å²) in [4.78, 5) is 44.4. The second kappa shape index (κ2) is 12.3. The van der Waals surface area contributed by atoms with Crippen LogP contribution in [0.1, 0.15) is 81.4 Å². The molecule has 1 aliphatic heterocycles. The number of piperidine rings is 1. The Labute approximate surface area is 269 Å². The molecule has 12 heteroatoms. The van der Waals surface area contributed by atoms with Gasteiger partial charge in [0, 0.05) is 51.4 Å². The summed E-state index contributed by atoms with van der Waals surface area (Å²) in [6.45, 7) is 2.20. The summed E-state index contributed by atoms with van der Waals surface area (Å²) < 4.78 is 0. The van der Waals surface area contributed by atoms with Gasteiger partial charge in [-0.2, -0.15) is 10.5 Å². The van der Waals surface area contributed by atoms with Crippen molar-refractivity contribution < 1.29 is 14.4 Å². The molecule has 1 saturated heterocycles. The van der Waals surface area contributed by atoms with Crippen LogP contribution in [0.2, 0.25) is 0 Å². The van der Waals surface area contributed by atoms with Crippen LogP contribution in [0.4, 0.5) is 0 Å². The van der Waals surface area contributed by atoms with Gasteiger partial charge in [-0.3, -0.25) is 14.4 Å². The molecule has 2 aliphatic carbocycles. The van der Waals surface area contributed by atoms with Crippen molar-refractivity contribution in [2.45, 2.75) is 69.0 Å². The maximum absolute atomic E-state index is 13.4. The third-order valence-electron chi connectivity index (χ3n) is 9.96. The number of aromatic amines is 1. The summed E-state index contributed by atoms with van der Waals surface area (Å²) in [7, 11) is 6.94. The lowest BCUT2D eigenvalue weighted by Crippen LogP contribution is -2.47. The Morgan fingerprint density at radius 2 is 1.63 bits per heavy atom. The zero-order valence-electron chi connectivity index (χ0n) is 27.1. The van der Waals surface area contributed by atoms with E-state index in [1.54, 1.807) is 42.9 Å². The van der Waals surface area contributed by atoms with Gasteiger partial charge in [-0.05, 0) is 91.0 Å². The molecule has 6 rings (SSSR count). The highest BCUT2D eigenvalue weighted by Crippen LogP contribution is 2.48. The standard InChI is InChI=1S/C34H41N9O3/c1-6-25(36-19-30(44)43-26(18-35)15-24-16-29(24)43)17-34(33-37-39-40-38-33)27-11-9-22(31(45)41(2)3)13-20(27)7-8-21-14-23(10-12-28(21)34)32(46)42(4)5/h9-14,24-26,29,36H,6-8,15-17,19H2,1-5H3,(H,37,38,39,40)/t24-,25+,26+,29+/m1/s1. The lowest BCUT2D eigenvalue weighted by Gasteiger charge is -2.37. The Morgan fingerprint density at radius 3 is 2.13 bits per heavy atom. The first-order valence-electron chi connectivity index (χ1n) is 16.0. The van der Waals surface area contributed by atoms with Crippen molar-refractivity contribution in [3.8, 4) is 6.07 Å². The van der Waals surface area contributed by atoms with Gasteiger partial charge in [0.15, 0.2) is 5.82 Å². The number of rotatable bonds is 9. The van der Waals surface area contributed by atoms with Gasteiger partial charge in [0.25, 0.3) is 11.8 Å². The van der Waals surface area contributed by atoms with E-state index < -0.39 is 5.41 Å². The van der Waals surface area contributed by atoms with Crippen LogP contribution in [0.3, 0.4) is 0 Å². The number of benzene rings is 2. The highest BCUT2D eigenvalue weighted by Gasteiger charge is 2.54. The minimum atomic E-state index is -0.908.